The molecular weight excluding hydrogens is 993 g/mol. The number of hydrogen-bond donors (Lipinski definition) is 0. The Bertz CT molecular complexity index is 1160. The van der Waals surface area contributed by atoms with Crippen LogP contribution in [0, 0.1) is 41.5 Å². The van der Waals surface area contributed by atoms with E-state index < -0.39 is 0 Å². The minimum absolute atomic E-state index is 0.317. The van der Waals surface area contributed by atoms with Crippen LogP contribution in [0.2, 0.25) is 0 Å². The summed E-state index contributed by atoms with van der Waals surface area (Å²) in [6, 6.07) is 0. The lowest BCUT2D eigenvalue weighted by Crippen LogP contribution is -2.33. The average molecular weight is 1130 g/mol. The second kappa shape index (κ2) is 65.9. The molecule has 81 heavy (non-hydrogen) atoms. The zero-order chi connectivity index (χ0) is 59.0. The predicted molar refractivity (Wildman–Crippen MR) is 351 cm³/mol. The van der Waals surface area contributed by atoms with Gasteiger partial charge in [0.15, 0.2) is 0 Å². The van der Waals surface area contributed by atoms with Gasteiger partial charge in [0.2, 0.25) is 17.7 Å². The second-order valence-electron chi connectivity index (χ2n) is 24.6. The summed E-state index contributed by atoms with van der Waals surface area (Å²) in [5.74, 6) is 1.06. The van der Waals surface area contributed by atoms with Crippen molar-refractivity contribution in [1.82, 2.24) is 19.6 Å². The Kier molecular flexibility index (Phi) is 64.6. The topological polar surface area (TPSA) is 64.2 Å². The van der Waals surface area contributed by atoms with Crippen molar-refractivity contribution >= 4 is 17.7 Å². The monoisotopic (exact) mass is 1130 g/mol. The zero-order valence-electron chi connectivity index (χ0n) is 53.9. The Morgan fingerprint density at radius 1 is 0.173 bits per heavy atom. The summed E-state index contributed by atoms with van der Waals surface area (Å²) in [4.78, 5) is 49.8. The van der Waals surface area contributed by atoms with Crippen LogP contribution in [-0.4, -0.2) is 96.2 Å². The van der Waals surface area contributed by atoms with Gasteiger partial charge in [-0.05, 0) is 177 Å². The first kappa shape index (κ1) is 79.4. The molecule has 0 aromatic rings. The van der Waals surface area contributed by atoms with Crippen LogP contribution in [0.3, 0.4) is 0 Å². The molecule has 0 heterocycles. The molecule has 0 N–H and O–H groups in total. The van der Waals surface area contributed by atoms with Gasteiger partial charge in [0.25, 0.3) is 0 Å². The molecule has 0 saturated carbocycles. The van der Waals surface area contributed by atoms with E-state index in [9.17, 15) is 14.4 Å². The number of hydrogen-bond acceptors (Lipinski definition) is 4. The highest BCUT2D eigenvalue weighted by molar-refractivity contribution is 5.77. The lowest BCUT2D eigenvalue weighted by molar-refractivity contribution is -0.132. The molecule has 7 heteroatoms. The molecule has 7 nitrogen and oxygen atoms in total. The first-order valence-corrected chi connectivity index (χ1v) is 35.6. The number of unbranched alkanes of at least 4 members (excludes halogenated alkanes) is 44. The maximum atomic E-state index is 13.6. The van der Waals surface area contributed by atoms with Crippen molar-refractivity contribution in [2.24, 2.45) is 0 Å². The maximum absolute atomic E-state index is 13.6. The molecule has 0 aromatic carbocycles. The van der Waals surface area contributed by atoms with Gasteiger partial charge in [-0.15, -0.1) is 0 Å². The van der Waals surface area contributed by atoms with Crippen LogP contribution in [0.1, 0.15) is 360 Å². The fourth-order valence-corrected chi connectivity index (χ4v) is 11.5. The quantitative estimate of drug-likeness (QED) is 0.0569. The molecule has 3 amide bonds. The summed E-state index contributed by atoms with van der Waals surface area (Å²) in [7, 11) is 0. The molecule has 0 aromatic heterocycles. The summed E-state index contributed by atoms with van der Waals surface area (Å²) in [6.45, 7) is 43.0. The van der Waals surface area contributed by atoms with Crippen LogP contribution in [0.4, 0.5) is 0 Å². The molecule has 0 aliphatic carbocycles. The van der Waals surface area contributed by atoms with Crippen LogP contribution in [-0.2, 0) is 14.4 Å². The molecule has 470 valence electrons. The number of nitrogens with zero attached hydrogens (tertiary/aromatic N) is 4. The van der Waals surface area contributed by atoms with Gasteiger partial charge < -0.3 is 19.6 Å². The van der Waals surface area contributed by atoms with Crippen LogP contribution in [0.25, 0.3) is 0 Å². The highest BCUT2D eigenvalue weighted by atomic mass is 16.2. The summed E-state index contributed by atoms with van der Waals surface area (Å²) < 4.78 is 0. The third-order valence-corrected chi connectivity index (χ3v) is 16.9. The summed E-state index contributed by atoms with van der Waals surface area (Å²) in [5.41, 5.74) is 0. The van der Waals surface area contributed by atoms with Gasteiger partial charge in [0.05, 0.1) is 0 Å². The summed E-state index contributed by atoms with van der Waals surface area (Å²) in [5, 5.41) is 0. The van der Waals surface area contributed by atoms with Crippen LogP contribution >= 0.6 is 0 Å². The molecule has 0 atom stereocenters. The smallest absolute Gasteiger partial charge is 0.222 e. The van der Waals surface area contributed by atoms with Crippen LogP contribution < -0.4 is 0 Å². The van der Waals surface area contributed by atoms with E-state index in [0.717, 1.165) is 219 Å². The van der Waals surface area contributed by atoms with Crippen molar-refractivity contribution in [2.75, 3.05) is 58.9 Å². The van der Waals surface area contributed by atoms with Crippen molar-refractivity contribution in [2.45, 2.75) is 360 Å². The molecule has 0 spiro atoms. The minimum atomic E-state index is 0.317. The van der Waals surface area contributed by atoms with E-state index in [2.05, 4.69) is 19.6 Å². The molecule has 0 aliphatic heterocycles. The Morgan fingerprint density at radius 2 is 0.309 bits per heavy atom. The Morgan fingerprint density at radius 3 is 0.506 bits per heavy atom. The Hall–Kier alpha value is -1.63. The van der Waals surface area contributed by atoms with E-state index in [1.807, 2.05) is 0 Å². The minimum Gasteiger partial charge on any atom is -0.343 e. The highest BCUT2D eigenvalue weighted by Gasteiger charge is 2.16. The van der Waals surface area contributed by atoms with Crippen molar-refractivity contribution in [3.8, 4) is 0 Å². The van der Waals surface area contributed by atoms with Gasteiger partial charge in [-0.1, -0.05) is 225 Å². The highest BCUT2D eigenvalue weighted by Crippen LogP contribution is 2.18. The normalized spacial score (nSPS) is 11.6. The van der Waals surface area contributed by atoms with E-state index in [4.69, 9.17) is 41.5 Å². The maximum Gasteiger partial charge on any atom is 0.222 e. The first-order chi connectivity index (χ1) is 39.9. The van der Waals surface area contributed by atoms with Crippen LogP contribution in [0.15, 0.2) is 0 Å². The lowest BCUT2D eigenvalue weighted by Gasteiger charge is -2.24. The van der Waals surface area contributed by atoms with Gasteiger partial charge in [0.1, 0.15) is 0 Å². The fourth-order valence-electron chi connectivity index (χ4n) is 11.5. The SMILES string of the molecule is [CH]CCCCCCCCCN(CCCCCCCCC[CH])C(=O)CCCCCCCN(CCCCCCCC(=O)N(CCCCCCCCC[CH])CCCCCCCCC[CH])CCCCCC(=O)N(CCCCC[CH])CCCCC[CH]. The number of amides is 3. The molecule has 0 saturated heterocycles. The van der Waals surface area contributed by atoms with Crippen molar-refractivity contribution < 1.29 is 14.4 Å². The largest absolute Gasteiger partial charge is 0.343 e. The third-order valence-electron chi connectivity index (χ3n) is 16.9. The van der Waals surface area contributed by atoms with Gasteiger partial charge in [-0.3, -0.25) is 14.4 Å². The molecule has 0 rings (SSSR count). The second-order valence-corrected chi connectivity index (χ2v) is 24.6. The molecule has 0 bridgehead atoms. The van der Waals surface area contributed by atoms with Crippen molar-refractivity contribution in [3.63, 3.8) is 0 Å². The van der Waals surface area contributed by atoms with Gasteiger partial charge in [-0.25, -0.2) is 0 Å². The Labute approximate surface area is 509 Å². The van der Waals surface area contributed by atoms with Crippen LogP contribution in [0.5, 0.6) is 0 Å². The Balaban J connectivity index is 5.24. The van der Waals surface area contributed by atoms with E-state index in [1.165, 1.54) is 167 Å². The summed E-state index contributed by atoms with van der Waals surface area (Å²) in [6.07, 6.45) is 61.6. The molecule has 0 aliphatic rings. The third kappa shape index (κ3) is 56.0. The molecule has 0 fully saturated rings. The van der Waals surface area contributed by atoms with Gasteiger partial charge in [0, 0.05) is 58.5 Å². The van der Waals surface area contributed by atoms with E-state index >= 15 is 0 Å². The van der Waals surface area contributed by atoms with E-state index in [0.29, 0.717) is 49.8 Å². The number of rotatable bonds is 68. The predicted octanol–water partition coefficient (Wildman–Crippen LogP) is 20.9. The first-order valence-electron chi connectivity index (χ1n) is 35.6. The zero-order valence-corrected chi connectivity index (χ0v) is 53.9. The van der Waals surface area contributed by atoms with Gasteiger partial charge >= 0.3 is 0 Å². The van der Waals surface area contributed by atoms with E-state index in [-0.39, 0.29) is 0 Å². The number of carbonyl (C=O) groups is 3. The molecule has 12 radical (unpaired) electrons. The van der Waals surface area contributed by atoms with E-state index in [1.54, 1.807) is 0 Å². The van der Waals surface area contributed by atoms with Crippen molar-refractivity contribution in [1.29, 1.82) is 0 Å². The fraction of sp³-hybridized carbons (Fsp3) is 0.878. The average Bonchev–Trinajstić information content (AvgIpc) is 3.47. The molecule has 0 unspecified atom stereocenters. The standard InChI is InChI=1S/C74H136N4O3/c1-7-13-19-25-29-33-43-56-68-77(69-57-44-34-30-26-20-14-8-2)72(79)60-48-39-37-41-51-63-75(65-53-47-50-62-74(81)76(66-54-23-17-11-5)67-55-24-18-12-6)64-52-42-38-40-49-61-73(80)78(70-58-45-35-31-27-21-15-9-3)71-59-46-36-32-28-22-16-10-4/h1-6H,7-71H2. The number of carbonyl (C=O) groups excluding carboxylic acids is 3. The summed E-state index contributed by atoms with van der Waals surface area (Å²) >= 11 is 0. The van der Waals surface area contributed by atoms with Crippen molar-refractivity contribution in [3.05, 3.63) is 41.5 Å². The van der Waals surface area contributed by atoms with Gasteiger partial charge in [-0.2, -0.15) is 0 Å². The molecular formula is C74H136N4O3. The lowest BCUT2D eigenvalue weighted by atomic mass is 10.1.